The summed E-state index contributed by atoms with van der Waals surface area (Å²) in [6.07, 6.45) is -1.27. The van der Waals surface area contributed by atoms with Gasteiger partial charge >= 0.3 is 23.9 Å². The van der Waals surface area contributed by atoms with E-state index in [1.54, 1.807) is 25.1 Å². The molecule has 2 saturated carbocycles. The number of rotatable bonds is 7. The van der Waals surface area contributed by atoms with Crippen molar-refractivity contribution < 1.29 is 73.5 Å². The van der Waals surface area contributed by atoms with Gasteiger partial charge < -0.3 is 54.3 Å². The van der Waals surface area contributed by atoms with E-state index in [1.807, 2.05) is 0 Å². The molecule has 6 N–H and O–H groups in total. The molecule has 2 aromatic carbocycles. The third-order valence-electron chi connectivity index (χ3n) is 8.72. The van der Waals surface area contributed by atoms with Crippen LogP contribution in [0.3, 0.4) is 0 Å². The summed E-state index contributed by atoms with van der Waals surface area (Å²) in [7, 11) is 1.41. The first-order chi connectivity index (χ1) is 23.1. The van der Waals surface area contributed by atoms with Crippen LogP contribution in [0.15, 0.2) is 48.6 Å². The van der Waals surface area contributed by atoms with Gasteiger partial charge in [-0.25, -0.2) is 19.2 Å². The summed E-state index contributed by atoms with van der Waals surface area (Å²) in [6, 6.07) is 9.39. The predicted octanol–water partition coefficient (Wildman–Crippen LogP) is 0.574. The van der Waals surface area contributed by atoms with Crippen molar-refractivity contribution in [1.29, 1.82) is 0 Å². The van der Waals surface area contributed by atoms with Gasteiger partial charge in [0.05, 0.1) is 13.2 Å². The van der Waals surface area contributed by atoms with E-state index in [2.05, 4.69) is 0 Å². The van der Waals surface area contributed by atoms with E-state index in [9.17, 15) is 49.8 Å². The van der Waals surface area contributed by atoms with Gasteiger partial charge in [-0.1, -0.05) is 12.1 Å². The highest BCUT2D eigenvalue weighted by atomic mass is 16.6. The molecule has 262 valence electrons. The molecule has 4 fully saturated rings. The van der Waals surface area contributed by atoms with E-state index < -0.39 is 71.7 Å². The van der Waals surface area contributed by atoms with E-state index in [-0.39, 0.29) is 42.9 Å². The predicted molar refractivity (Wildman–Crippen MR) is 165 cm³/mol. The molecule has 2 aromatic rings. The van der Waals surface area contributed by atoms with Crippen molar-refractivity contribution in [2.45, 2.75) is 80.4 Å². The summed E-state index contributed by atoms with van der Waals surface area (Å²) in [4.78, 5) is 47.1. The molecule has 2 aliphatic heterocycles. The highest BCUT2D eigenvalue weighted by Crippen LogP contribution is 2.40. The number of phenolic OH excluding ortho intramolecular Hbond substituents is 2. The van der Waals surface area contributed by atoms with Gasteiger partial charge in [0.25, 0.3) is 0 Å². The van der Waals surface area contributed by atoms with Gasteiger partial charge in [0.1, 0.15) is 30.2 Å². The molecule has 15 nitrogen and oxygen atoms in total. The molecular weight excluding hydrogens is 648 g/mol. The molecule has 2 heterocycles. The first-order valence-corrected chi connectivity index (χ1v) is 15.3. The number of hydrogen-bond acceptors (Lipinski definition) is 15. The molecule has 49 heavy (non-hydrogen) atoms. The molecule has 4 aliphatic rings. The Bertz CT molecular complexity index is 1680. The third kappa shape index (κ3) is 7.70. The van der Waals surface area contributed by atoms with Crippen LogP contribution in [-0.2, 0) is 38.1 Å². The highest BCUT2D eigenvalue weighted by molar-refractivity contribution is 5.88. The minimum Gasteiger partial charge on any atom is -0.508 e. The summed E-state index contributed by atoms with van der Waals surface area (Å²) in [6.45, 7) is 1.74. The van der Waals surface area contributed by atoms with Crippen molar-refractivity contribution in [2.75, 3.05) is 7.11 Å². The molecule has 2 aliphatic carbocycles. The van der Waals surface area contributed by atoms with Crippen molar-refractivity contribution in [2.24, 2.45) is 0 Å². The fraction of sp³-hybridized carbons (Fsp3) is 0.412. The second kappa shape index (κ2) is 13.9. The van der Waals surface area contributed by atoms with E-state index >= 15 is 0 Å². The summed E-state index contributed by atoms with van der Waals surface area (Å²) < 4.78 is 25.2. The number of phenols is 2. The molecule has 6 rings (SSSR count). The average Bonchev–Trinajstić information content (AvgIpc) is 3.46. The number of ether oxygens (including phenoxy) is 5. The van der Waals surface area contributed by atoms with Gasteiger partial charge in [-0.15, -0.1) is 0 Å². The Morgan fingerprint density at radius 1 is 0.796 bits per heavy atom. The molecule has 4 bridgehead atoms. The van der Waals surface area contributed by atoms with Crippen LogP contribution in [0.2, 0.25) is 0 Å². The zero-order valence-corrected chi connectivity index (χ0v) is 26.4. The Kier molecular flexibility index (Phi) is 10.0. The number of carbonyl (C=O) groups excluding carboxylic acids is 4. The molecule has 0 amide bonds. The molecule has 0 aromatic heterocycles. The number of aliphatic hydroxyl groups excluding tert-OH is 2. The van der Waals surface area contributed by atoms with Crippen molar-refractivity contribution in [3.05, 3.63) is 65.2 Å². The summed E-state index contributed by atoms with van der Waals surface area (Å²) in [5.41, 5.74) is -1.44. The van der Waals surface area contributed by atoms with Gasteiger partial charge in [-0.05, 0) is 60.0 Å². The van der Waals surface area contributed by atoms with Crippen molar-refractivity contribution in [3.8, 4) is 17.2 Å². The van der Waals surface area contributed by atoms with E-state index in [0.29, 0.717) is 16.7 Å². The molecule has 0 radical (unpaired) electrons. The van der Waals surface area contributed by atoms with Gasteiger partial charge in [0.15, 0.2) is 28.8 Å². The number of carbonyl (C=O) groups is 4. The second-order valence-corrected chi connectivity index (χ2v) is 12.3. The minimum atomic E-state index is -1.72. The molecule has 2 saturated heterocycles. The number of aryl methyl sites for hydroxylation is 1. The van der Waals surface area contributed by atoms with E-state index in [1.165, 1.54) is 43.5 Å². The monoisotopic (exact) mass is 684 g/mol. The standard InChI is InChI=1S/C17H18O8.C17H18O7/c1-23-11-6-9(2-4-10(11)18)3-5-14(19)24-12-7-17(22)8-13(15(12)20)25-16(17)21;1-9-6-10(2-4-11(9)18)3-5-14(20)24-15-12(19)7-17(22)8-13(15)23-16(17)21/h2-6,12-13,15,18,20,22H,7-8H2,1H3;2-6,12-13,15,18-19,22H,7-8H2,1H3/b2*5-3+/t2*12?,13?,15-,17+/m11/s1. The van der Waals surface area contributed by atoms with Gasteiger partial charge in [-0.2, -0.15) is 0 Å². The highest BCUT2D eigenvalue weighted by Gasteiger charge is 2.59. The fourth-order valence-electron chi connectivity index (χ4n) is 6.06. The molecule has 4 unspecified atom stereocenters. The quantitative estimate of drug-likeness (QED) is 0.133. The minimum absolute atomic E-state index is 0.00170. The fourth-order valence-corrected chi connectivity index (χ4v) is 6.06. The van der Waals surface area contributed by atoms with Crippen LogP contribution in [0, 0.1) is 6.92 Å². The summed E-state index contributed by atoms with van der Waals surface area (Å²) in [5, 5.41) is 59.2. The van der Waals surface area contributed by atoms with Crippen LogP contribution < -0.4 is 4.74 Å². The maximum atomic E-state index is 12.0. The second-order valence-electron chi connectivity index (χ2n) is 12.3. The summed E-state index contributed by atoms with van der Waals surface area (Å²) in [5.74, 6) is -2.64. The van der Waals surface area contributed by atoms with Crippen molar-refractivity contribution >= 4 is 36.0 Å². The Morgan fingerprint density at radius 3 is 1.98 bits per heavy atom. The van der Waals surface area contributed by atoms with Crippen LogP contribution in [0.25, 0.3) is 12.2 Å². The maximum Gasteiger partial charge on any atom is 0.338 e. The Morgan fingerprint density at radius 2 is 1.35 bits per heavy atom. The number of methoxy groups -OCH3 is 1. The van der Waals surface area contributed by atoms with Crippen LogP contribution in [0.5, 0.6) is 17.2 Å². The number of aliphatic hydroxyl groups is 4. The Labute approximate surface area is 279 Å². The average molecular weight is 685 g/mol. The Hall–Kier alpha value is -4.96. The number of esters is 4. The smallest absolute Gasteiger partial charge is 0.338 e. The van der Waals surface area contributed by atoms with E-state index in [4.69, 9.17) is 23.7 Å². The Balaban J connectivity index is 0.000000191. The molecule has 15 heteroatoms. The zero-order chi connectivity index (χ0) is 35.7. The number of hydrogen-bond donors (Lipinski definition) is 6. The van der Waals surface area contributed by atoms with Gasteiger partial charge in [-0.3, -0.25) is 0 Å². The number of aromatic hydroxyl groups is 2. The lowest BCUT2D eigenvalue weighted by Crippen LogP contribution is -2.50. The number of fused-ring (bicyclic) bond motifs is 4. The van der Waals surface area contributed by atoms with E-state index in [0.717, 1.165) is 6.08 Å². The molecular formula is C34H36O15. The maximum absolute atomic E-state index is 12.0. The van der Waals surface area contributed by atoms with Gasteiger partial charge in [0, 0.05) is 37.8 Å². The largest absolute Gasteiger partial charge is 0.508 e. The summed E-state index contributed by atoms with van der Waals surface area (Å²) >= 11 is 0. The molecule has 0 spiro atoms. The first kappa shape index (κ1) is 35.3. The number of benzene rings is 2. The van der Waals surface area contributed by atoms with Crippen LogP contribution in [-0.4, -0.2) is 109 Å². The lowest BCUT2D eigenvalue weighted by Gasteiger charge is -2.32. The zero-order valence-electron chi connectivity index (χ0n) is 26.4. The lowest BCUT2D eigenvalue weighted by molar-refractivity contribution is -0.165. The van der Waals surface area contributed by atoms with Gasteiger partial charge in [0.2, 0.25) is 0 Å². The topological polar surface area (TPSA) is 236 Å². The van der Waals surface area contributed by atoms with Crippen LogP contribution in [0.1, 0.15) is 42.4 Å². The molecule has 8 atom stereocenters. The van der Waals surface area contributed by atoms with Crippen molar-refractivity contribution in [1.82, 2.24) is 0 Å². The SMILES string of the molecule is COc1cc(/C=C/C(=O)OC2C[C@]3(O)CC(OC3=O)[C@@H]2O)ccc1O.Cc1cc(/C=C/C(=O)O[C@@H]2C(O)C[C@]3(O)CC2OC3=O)ccc1O. The van der Waals surface area contributed by atoms with Crippen molar-refractivity contribution in [3.63, 3.8) is 0 Å². The van der Waals surface area contributed by atoms with Crippen LogP contribution >= 0.6 is 0 Å². The lowest BCUT2D eigenvalue weighted by atomic mass is 9.82. The third-order valence-corrected chi connectivity index (χ3v) is 8.72. The van der Waals surface area contributed by atoms with Crippen LogP contribution in [0.4, 0.5) is 0 Å². The first-order valence-electron chi connectivity index (χ1n) is 15.3. The normalized spacial score (nSPS) is 31.5.